The van der Waals surface area contributed by atoms with Crippen LogP contribution in [0.2, 0.25) is 0 Å². The van der Waals surface area contributed by atoms with Crippen LogP contribution < -0.4 is 9.47 Å². The summed E-state index contributed by atoms with van der Waals surface area (Å²) in [5.41, 5.74) is 8.53. The Morgan fingerprint density at radius 1 is 0.944 bits per heavy atom. The molecule has 0 saturated carbocycles. The van der Waals surface area contributed by atoms with Gasteiger partial charge in [-0.25, -0.2) is 4.57 Å². The van der Waals surface area contributed by atoms with E-state index in [9.17, 15) is 4.79 Å². The molecule has 3 aromatic rings. The van der Waals surface area contributed by atoms with Crippen LogP contribution >= 0.6 is 0 Å². The van der Waals surface area contributed by atoms with E-state index in [0.717, 1.165) is 25.8 Å². The van der Waals surface area contributed by atoms with Crippen LogP contribution in [-0.4, -0.2) is 11.1 Å². The molecule has 0 unspecified atom stereocenters. The first-order valence-corrected chi connectivity index (χ1v) is 12.9. The third kappa shape index (κ3) is 5.43. The monoisotopic (exact) mass is 481 g/mol. The Labute approximate surface area is 215 Å². The largest absolute Gasteiger partial charge is 0.481 e. The molecule has 0 saturated heterocycles. The molecule has 4 heteroatoms. The quantitative estimate of drug-likeness (QED) is 0.258. The lowest BCUT2D eigenvalue weighted by molar-refractivity contribution is -0.709. The van der Waals surface area contributed by atoms with Crippen LogP contribution in [0.25, 0.3) is 6.08 Å². The number of aliphatic carboxylic acids is 1. The second kappa shape index (κ2) is 10.9. The Morgan fingerprint density at radius 3 is 2.31 bits per heavy atom. The van der Waals surface area contributed by atoms with Crippen molar-refractivity contribution in [3.8, 4) is 0 Å². The van der Waals surface area contributed by atoms with Gasteiger partial charge >= 0.3 is 5.97 Å². The van der Waals surface area contributed by atoms with Gasteiger partial charge < -0.3 is 10.0 Å². The van der Waals surface area contributed by atoms with Gasteiger partial charge in [-0.05, 0) is 48.2 Å². The summed E-state index contributed by atoms with van der Waals surface area (Å²) in [5.74, 6) is -0.710. The first kappa shape index (κ1) is 25.4. The molecule has 186 valence electrons. The molecule has 2 aromatic carbocycles. The second-order valence-corrected chi connectivity index (χ2v) is 10.2. The minimum atomic E-state index is -0.710. The zero-order valence-corrected chi connectivity index (χ0v) is 21.9. The van der Waals surface area contributed by atoms with Crippen LogP contribution in [0.4, 0.5) is 11.4 Å². The number of nitrogens with zero attached hydrogens (tertiary/aromatic N) is 2. The average Bonchev–Trinajstić information content (AvgIpc) is 3.07. The van der Waals surface area contributed by atoms with Crippen LogP contribution in [0.5, 0.6) is 0 Å². The number of carboxylic acid groups (broad SMARTS) is 1. The predicted octanol–water partition coefficient (Wildman–Crippen LogP) is 7.26. The van der Waals surface area contributed by atoms with Gasteiger partial charge in [0, 0.05) is 61.3 Å². The van der Waals surface area contributed by atoms with Crippen molar-refractivity contribution in [3.63, 3.8) is 0 Å². The number of pyridine rings is 1. The molecule has 0 atom stereocenters. The summed E-state index contributed by atoms with van der Waals surface area (Å²) in [7, 11) is 0. The van der Waals surface area contributed by atoms with Gasteiger partial charge in [0.2, 0.25) is 0 Å². The fraction of sp³-hybridized carbons (Fsp3) is 0.312. The van der Waals surface area contributed by atoms with Gasteiger partial charge in [-0.3, -0.25) is 4.79 Å². The molecule has 2 heterocycles. The Hall–Kier alpha value is -3.66. The SMILES string of the molecule is Cc1cc(C=CC=C2N(c3ccccc3)c3ccccc3C2(C)C)cc(C)[n+]1CCCCCC(=O)O. The molecule has 0 spiro atoms. The van der Waals surface area contributed by atoms with Crippen molar-refractivity contribution in [1.82, 2.24) is 0 Å². The molecule has 0 fully saturated rings. The number of aromatic nitrogens is 1. The smallest absolute Gasteiger partial charge is 0.303 e. The highest BCUT2D eigenvalue weighted by Crippen LogP contribution is 2.50. The first-order chi connectivity index (χ1) is 17.3. The lowest BCUT2D eigenvalue weighted by atomic mass is 9.83. The summed E-state index contributed by atoms with van der Waals surface area (Å²) in [6, 6.07) is 23.7. The molecule has 1 aliphatic rings. The third-order valence-electron chi connectivity index (χ3n) is 7.13. The number of anilines is 2. The van der Waals surface area contributed by atoms with Gasteiger partial charge in [-0.1, -0.05) is 62.4 Å². The van der Waals surface area contributed by atoms with E-state index in [0.29, 0.717) is 0 Å². The van der Waals surface area contributed by atoms with E-state index in [-0.39, 0.29) is 11.8 Å². The van der Waals surface area contributed by atoms with Gasteiger partial charge in [0.05, 0.1) is 0 Å². The van der Waals surface area contributed by atoms with Gasteiger partial charge in [0.15, 0.2) is 11.4 Å². The van der Waals surface area contributed by atoms with E-state index in [1.54, 1.807) is 0 Å². The predicted molar refractivity (Wildman–Crippen MR) is 147 cm³/mol. The van der Waals surface area contributed by atoms with Crippen LogP contribution in [0.15, 0.2) is 84.6 Å². The molecule has 0 bridgehead atoms. The third-order valence-corrected chi connectivity index (χ3v) is 7.13. The van der Waals surface area contributed by atoms with E-state index in [2.05, 4.69) is 122 Å². The lowest BCUT2D eigenvalue weighted by Gasteiger charge is -2.27. The topological polar surface area (TPSA) is 44.4 Å². The summed E-state index contributed by atoms with van der Waals surface area (Å²) in [5, 5.41) is 8.82. The Kier molecular flexibility index (Phi) is 7.73. The second-order valence-electron chi connectivity index (χ2n) is 10.2. The van der Waals surface area contributed by atoms with Crippen LogP contribution in [-0.2, 0) is 16.8 Å². The van der Waals surface area contributed by atoms with Gasteiger partial charge in [0.25, 0.3) is 0 Å². The highest BCUT2D eigenvalue weighted by atomic mass is 16.4. The van der Waals surface area contributed by atoms with Crippen molar-refractivity contribution in [2.24, 2.45) is 0 Å². The van der Waals surface area contributed by atoms with Crippen LogP contribution in [0.1, 0.15) is 62.0 Å². The molecule has 1 aromatic heterocycles. The summed E-state index contributed by atoms with van der Waals surface area (Å²) in [6.45, 7) is 9.81. The number of hydrogen-bond donors (Lipinski definition) is 1. The maximum absolute atomic E-state index is 10.7. The number of allylic oxidation sites excluding steroid dienone is 3. The van der Waals surface area contributed by atoms with Gasteiger partial charge in [-0.2, -0.15) is 0 Å². The van der Waals surface area contributed by atoms with Crippen LogP contribution in [0, 0.1) is 13.8 Å². The molecular formula is C32H37N2O2+. The molecule has 4 rings (SSSR count). The lowest BCUT2D eigenvalue weighted by Crippen LogP contribution is -2.40. The zero-order valence-electron chi connectivity index (χ0n) is 21.9. The number of benzene rings is 2. The van der Waals surface area contributed by atoms with Crippen molar-refractivity contribution >= 4 is 23.4 Å². The van der Waals surface area contributed by atoms with Gasteiger partial charge in [0.1, 0.15) is 6.54 Å². The molecular weight excluding hydrogens is 444 g/mol. The zero-order chi connectivity index (χ0) is 25.7. The van der Waals surface area contributed by atoms with E-state index in [4.69, 9.17) is 5.11 Å². The molecule has 0 radical (unpaired) electrons. The maximum Gasteiger partial charge on any atom is 0.303 e. The summed E-state index contributed by atoms with van der Waals surface area (Å²) in [4.78, 5) is 13.1. The van der Waals surface area contributed by atoms with Crippen LogP contribution in [0.3, 0.4) is 0 Å². The Bertz CT molecular complexity index is 1270. The minimum Gasteiger partial charge on any atom is -0.481 e. The van der Waals surface area contributed by atoms with Crippen molar-refractivity contribution in [2.45, 2.75) is 65.3 Å². The number of carboxylic acids is 1. The van der Waals surface area contributed by atoms with E-state index >= 15 is 0 Å². The summed E-state index contributed by atoms with van der Waals surface area (Å²) in [6.07, 6.45) is 9.53. The summed E-state index contributed by atoms with van der Waals surface area (Å²) < 4.78 is 2.32. The number of fused-ring (bicyclic) bond motifs is 1. The summed E-state index contributed by atoms with van der Waals surface area (Å²) >= 11 is 0. The van der Waals surface area contributed by atoms with Crippen molar-refractivity contribution in [1.29, 1.82) is 0 Å². The average molecular weight is 482 g/mol. The maximum atomic E-state index is 10.7. The molecule has 4 nitrogen and oxygen atoms in total. The molecule has 1 aliphatic heterocycles. The number of para-hydroxylation sites is 2. The van der Waals surface area contributed by atoms with Crippen molar-refractivity contribution < 1.29 is 14.5 Å². The number of carbonyl (C=O) groups is 1. The molecule has 0 amide bonds. The fourth-order valence-electron chi connectivity index (χ4n) is 5.26. The molecule has 36 heavy (non-hydrogen) atoms. The highest BCUT2D eigenvalue weighted by molar-refractivity contribution is 5.80. The normalized spacial score (nSPS) is 15.6. The Morgan fingerprint density at radius 2 is 1.61 bits per heavy atom. The van der Waals surface area contributed by atoms with E-state index in [1.165, 1.54) is 39.6 Å². The highest BCUT2D eigenvalue weighted by Gasteiger charge is 2.40. The number of aryl methyl sites for hydroxylation is 2. The number of unbranched alkanes of at least 4 members (excludes halogenated alkanes) is 2. The standard InChI is InChI=1S/C32H36N2O2/c1-24-22-26(23-25(2)33(24)21-12-6-9-20-31(35)36)14-13-19-30-32(3,4)28-17-10-11-18-29(28)34(30)27-15-7-5-8-16-27/h5,7-8,10-11,13-19,22-23H,6,9,12,20-21H2,1-4H3/p+1. The van der Waals surface area contributed by atoms with Crippen molar-refractivity contribution in [2.75, 3.05) is 4.90 Å². The van der Waals surface area contributed by atoms with E-state index < -0.39 is 5.97 Å². The minimum absolute atomic E-state index is 0.108. The van der Waals surface area contributed by atoms with E-state index in [1.807, 2.05) is 0 Å². The molecule has 1 N–H and O–H groups in total. The Balaban J connectivity index is 1.56. The fourth-order valence-corrected chi connectivity index (χ4v) is 5.26. The van der Waals surface area contributed by atoms with Gasteiger partial charge in [-0.15, -0.1) is 0 Å². The first-order valence-electron chi connectivity index (χ1n) is 12.9. The molecule has 0 aliphatic carbocycles. The number of rotatable bonds is 9. The van der Waals surface area contributed by atoms with Crippen molar-refractivity contribution in [3.05, 3.63) is 107 Å². The number of hydrogen-bond acceptors (Lipinski definition) is 2.